The minimum Gasteiger partial charge on any atom is -0.329 e. The number of aryl methyl sites for hydroxylation is 1. The Kier molecular flexibility index (Phi) is 7.31. The monoisotopic (exact) mass is 532 g/mol. The second-order valence-corrected chi connectivity index (χ2v) is 10.2. The molecule has 8 heteroatoms. The van der Waals surface area contributed by atoms with Gasteiger partial charge >= 0.3 is 0 Å². The van der Waals surface area contributed by atoms with Crippen LogP contribution in [0.1, 0.15) is 28.8 Å². The van der Waals surface area contributed by atoms with Crippen LogP contribution in [0.5, 0.6) is 0 Å². The van der Waals surface area contributed by atoms with E-state index >= 15 is 0 Å². The molecule has 4 aromatic rings. The van der Waals surface area contributed by atoms with E-state index in [4.69, 9.17) is 28.2 Å². The number of carbonyl (C=O) groups excluding carboxylic acids is 2. The fourth-order valence-electron chi connectivity index (χ4n) is 4.12. The second-order valence-electron chi connectivity index (χ2n) is 9.32. The molecule has 188 valence electrons. The molecule has 1 saturated carbocycles. The molecule has 0 saturated heterocycles. The molecule has 0 aliphatic heterocycles. The van der Waals surface area contributed by atoms with Gasteiger partial charge in [-0.25, -0.2) is 4.98 Å². The molecule has 0 spiro atoms. The van der Waals surface area contributed by atoms with E-state index in [1.165, 1.54) is 6.07 Å². The van der Waals surface area contributed by atoms with Gasteiger partial charge < -0.3 is 4.90 Å². The van der Waals surface area contributed by atoms with Gasteiger partial charge in [-0.05, 0) is 56.0 Å². The molecule has 37 heavy (non-hydrogen) atoms. The molecule has 6 nitrogen and oxygen atoms in total. The highest BCUT2D eigenvalue weighted by Gasteiger charge is 2.29. The minimum absolute atomic E-state index is 0.115. The SMILES string of the molecule is Cc1ccc(-n2cc(-c3ccccc3)nc2NC(=O)CN(CC2CC2)C(=O)c2ccc(Cl)cc2Cl)cc1. The van der Waals surface area contributed by atoms with E-state index in [2.05, 4.69) is 5.32 Å². The maximum absolute atomic E-state index is 13.3. The van der Waals surface area contributed by atoms with Crippen molar-refractivity contribution in [3.63, 3.8) is 0 Å². The van der Waals surface area contributed by atoms with Crippen molar-refractivity contribution in [2.45, 2.75) is 19.8 Å². The molecule has 0 radical (unpaired) electrons. The largest absolute Gasteiger partial charge is 0.329 e. The maximum Gasteiger partial charge on any atom is 0.255 e. The molecule has 1 aliphatic rings. The van der Waals surface area contributed by atoms with Crippen molar-refractivity contribution in [3.8, 4) is 16.9 Å². The van der Waals surface area contributed by atoms with Gasteiger partial charge in [0.05, 0.1) is 16.3 Å². The molecule has 1 N–H and O–H groups in total. The van der Waals surface area contributed by atoms with Crippen molar-refractivity contribution < 1.29 is 9.59 Å². The highest BCUT2D eigenvalue weighted by atomic mass is 35.5. The molecular formula is C29H26Cl2N4O2. The molecule has 3 aromatic carbocycles. The fourth-order valence-corrected chi connectivity index (χ4v) is 4.61. The third-order valence-electron chi connectivity index (χ3n) is 6.30. The fraction of sp³-hybridized carbons (Fsp3) is 0.207. The minimum atomic E-state index is -0.336. The van der Waals surface area contributed by atoms with Crippen LogP contribution in [0.2, 0.25) is 10.0 Å². The summed E-state index contributed by atoms with van der Waals surface area (Å²) in [6.45, 7) is 2.40. The van der Waals surface area contributed by atoms with Gasteiger partial charge in [-0.3, -0.25) is 19.5 Å². The molecule has 1 heterocycles. The summed E-state index contributed by atoms with van der Waals surface area (Å²) >= 11 is 12.3. The lowest BCUT2D eigenvalue weighted by molar-refractivity contribution is -0.117. The number of aromatic nitrogens is 2. The highest BCUT2D eigenvalue weighted by molar-refractivity contribution is 6.36. The number of hydrogen-bond acceptors (Lipinski definition) is 3. The first-order valence-electron chi connectivity index (χ1n) is 12.1. The average molecular weight is 533 g/mol. The molecule has 5 rings (SSSR count). The Morgan fingerprint density at radius 2 is 1.76 bits per heavy atom. The number of nitrogens with one attached hydrogen (secondary N) is 1. The van der Waals surface area contributed by atoms with E-state index in [1.807, 2.05) is 72.3 Å². The van der Waals surface area contributed by atoms with Gasteiger partial charge in [0.1, 0.15) is 6.54 Å². The molecule has 2 amide bonds. The van der Waals surface area contributed by atoms with E-state index in [0.717, 1.165) is 35.3 Å². The predicted octanol–water partition coefficient (Wildman–Crippen LogP) is 6.65. The Balaban J connectivity index is 1.41. The van der Waals surface area contributed by atoms with Crippen LogP contribution < -0.4 is 5.32 Å². The summed E-state index contributed by atoms with van der Waals surface area (Å²) in [5, 5.41) is 3.65. The van der Waals surface area contributed by atoms with E-state index in [-0.39, 0.29) is 23.4 Å². The van der Waals surface area contributed by atoms with E-state index in [1.54, 1.807) is 17.0 Å². The van der Waals surface area contributed by atoms with Crippen LogP contribution in [0.4, 0.5) is 5.95 Å². The van der Waals surface area contributed by atoms with E-state index in [9.17, 15) is 9.59 Å². The van der Waals surface area contributed by atoms with Gasteiger partial charge in [0.2, 0.25) is 11.9 Å². The Labute approximate surface area is 225 Å². The van der Waals surface area contributed by atoms with Gasteiger partial charge in [0.15, 0.2) is 0 Å². The van der Waals surface area contributed by atoms with Crippen LogP contribution in [-0.4, -0.2) is 39.4 Å². The molecule has 1 aliphatic carbocycles. The first-order valence-corrected chi connectivity index (χ1v) is 12.9. The quantitative estimate of drug-likeness (QED) is 0.276. The van der Waals surface area contributed by atoms with Gasteiger partial charge in [0, 0.05) is 29.0 Å². The van der Waals surface area contributed by atoms with Crippen LogP contribution in [0, 0.1) is 12.8 Å². The lowest BCUT2D eigenvalue weighted by Gasteiger charge is -2.23. The zero-order chi connectivity index (χ0) is 25.9. The third-order valence-corrected chi connectivity index (χ3v) is 6.85. The number of rotatable bonds is 8. The predicted molar refractivity (Wildman–Crippen MR) is 147 cm³/mol. The van der Waals surface area contributed by atoms with Gasteiger partial charge in [-0.1, -0.05) is 71.2 Å². The highest BCUT2D eigenvalue weighted by Crippen LogP contribution is 2.31. The van der Waals surface area contributed by atoms with Crippen molar-refractivity contribution in [1.82, 2.24) is 14.5 Å². The lowest BCUT2D eigenvalue weighted by atomic mass is 10.2. The summed E-state index contributed by atoms with van der Waals surface area (Å²) in [4.78, 5) is 32.9. The van der Waals surface area contributed by atoms with Crippen molar-refractivity contribution in [1.29, 1.82) is 0 Å². The number of anilines is 1. The summed E-state index contributed by atoms with van der Waals surface area (Å²) in [5.74, 6) is 0.145. The van der Waals surface area contributed by atoms with Crippen molar-refractivity contribution in [3.05, 3.63) is 100 Å². The molecule has 0 atom stereocenters. The number of halogens is 2. The van der Waals surface area contributed by atoms with Crippen LogP contribution in [0.25, 0.3) is 16.9 Å². The lowest BCUT2D eigenvalue weighted by Crippen LogP contribution is -2.39. The number of amides is 2. The average Bonchev–Trinajstić information content (AvgIpc) is 3.61. The van der Waals surface area contributed by atoms with Crippen LogP contribution >= 0.6 is 23.2 Å². The number of benzene rings is 3. The molecular weight excluding hydrogens is 507 g/mol. The number of carbonyl (C=O) groups is 2. The first kappa shape index (κ1) is 25.1. The smallest absolute Gasteiger partial charge is 0.255 e. The molecule has 1 fully saturated rings. The van der Waals surface area contributed by atoms with Crippen LogP contribution in [0.15, 0.2) is 79.0 Å². The Morgan fingerprint density at radius 1 is 1.03 bits per heavy atom. The zero-order valence-corrected chi connectivity index (χ0v) is 21.8. The first-order chi connectivity index (χ1) is 17.9. The maximum atomic E-state index is 13.3. The Bertz CT molecular complexity index is 1430. The summed E-state index contributed by atoms with van der Waals surface area (Å²) in [7, 11) is 0. The number of imidazole rings is 1. The zero-order valence-electron chi connectivity index (χ0n) is 20.3. The van der Waals surface area contributed by atoms with Gasteiger partial charge in [-0.15, -0.1) is 0 Å². The molecule has 1 aromatic heterocycles. The van der Waals surface area contributed by atoms with Crippen LogP contribution in [-0.2, 0) is 4.79 Å². The molecule has 0 unspecified atom stereocenters. The van der Waals surface area contributed by atoms with Crippen LogP contribution in [0.3, 0.4) is 0 Å². The van der Waals surface area contributed by atoms with Crippen molar-refractivity contribution >= 4 is 41.0 Å². The van der Waals surface area contributed by atoms with Crippen molar-refractivity contribution in [2.24, 2.45) is 5.92 Å². The summed E-state index contributed by atoms with van der Waals surface area (Å²) in [6, 6.07) is 22.5. The molecule has 0 bridgehead atoms. The second kappa shape index (κ2) is 10.8. The third kappa shape index (κ3) is 6.04. The number of nitrogens with zero attached hydrogens (tertiary/aromatic N) is 3. The van der Waals surface area contributed by atoms with E-state index < -0.39 is 0 Å². The topological polar surface area (TPSA) is 67.2 Å². The number of hydrogen-bond donors (Lipinski definition) is 1. The summed E-state index contributed by atoms with van der Waals surface area (Å²) in [5.41, 5.74) is 4.00. The Morgan fingerprint density at radius 3 is 2.43 bits per heavy atom. The summed E-state index contributed by atoms with van der Waals surface area (Å²) in [6.07, 6.45) is 3.98. The van der Waals surface area contributed by atoms with Gasteiger partial charge in [-0.2, -0.15) is 0 Å². The van der Waals surface area contributed by atoms with E-state index in [0.29, 0.717) is 29.0 Å². The summed E-state index contributed by atoms with van der Waals surface area (Å²) < 4.78 is 1.85. The normalized spacial score (nSPS) is 12.8. The Hall–Kier alpha value is -3.61. The van der Waals surface area contributed by atoms with Gasteiger partial charge in [0.25, 0.3) is 5.91 Å². The van der Waals surface area contributed by atoms with Crippen molar-refractivity contribution in [2.75, 3.05) is 18.4 Å². The standard InChI is InChI=1S/C29H26Cl2N4O2/c1-19-7-12-23(13-8-19)35-17-26(21-5-3-2-4-6-21)32-29(35)33-27(36)18-34(16-20-9-10-20)28(37)24-14-11-22(30)15-25(24)31/h2-8,11-15,17,20H,9-10,16,18H2,1H3,(H,32,33,36).